The Bertz CT molecular complexity index is 821. The van der Waals surface area contributed by atoms with Gasteiger partial charge in [-0.25, -0.2) is 9.18 Å². The SMILES string of the molecule is O=C(O)CCNC(=O)Nc1cc(-c2nnc3n2CCCCC3)ccc1F. The van der Waals surface area contributed by atoms with Crippen molar-refractivity contribution in [1.82, 2.24) is 20.1 Å². The van der Waals surface area contributed by atoms with Crippen molar-refractivity contribution in [2.75, 3.05) is 11.9 Å². The number of hydrogen-bond acceptors (Lipinski definition) is 4. The van der Waals surface area contributed by atoms with Crippen LogP contribution >= 0.6 is 0 Å². The molecule has 3 rings (SSSR count). The Labute approximate surface area is 149 Å². The summed E-state index contributed by atoms with van der Waals surface area (Å²) in [5.41, 5.74) is 0.661. The molecule has 1 aromatic carbocycles. The lowest BCUT2D eigenvalue weighted by molar-refractivity contribution is -0.136. The molecule has 1 aromatic heterocycles. The van der Waals surface area contributed by atoms with Crippen LogP contribution in [0.3, 0.4) is 0 Å². The van der Waals surface area contributed by atoms with Gasteiger partial charge in [-0.1, -0.05) is 6.42 Å². The quantitative estimate of drug-likeness (QED) is 0.758. The van der Waals surface area contributed by atoms with E-state index in [1.165, 1.54) is 12.1 Å². The van der Waals surface area contributed by atoms with Gasteiger partial charge in [0.15, 0.2) is 5.82 Å². The summed E-state index contributed by atoms with van der Waals surface area (Å²) in [6.07, 6.45) is 3.91. The van der Waals surface area contributed by atoms with Crippen molar-refractivity contribution in [2.45, 2.75) is 38.6 Å². The van der Waals surface area contributed by atoms with Crippen LogP contribution in [0.15, 0.2) is 18.2 Å². The first-order chi connectivity index (χ1) is 12.5. The Kier molecular flexibility index (Phi) is 5.45. The van der Waals surface area contributed by atoms with Crippen molar-refractivity contribution in [2.24, 2.45) is 0 Å². The minimum absolute atomic E-state index is 0.00120. The lowest BCUT2D eigenvalue weighted by Gasteiger charge is -2.11. The fourth-order valence-electron chi connectivity index (χ4n) is 2.91. The van der Waals surface area contributed by atoms with Crippen LogP contribution in [0.25, 0.3) is 11.4 Å². The monoisotopic (exact) mass is 361 g/mol. The normalized spacial score (nSPS) is 13.6. The number of carboxylic acids is 1. The van der Waals surface area contributed by atoms with Crippen LogP contribution in [0.4, 0.5) is 14.9 Å². The Hall–Kier alpha value is -2.97. The van der Waals surface area contributed by atoms with Gasteiger partial charge < -0.3 is 20.3 Å². The molecule has 2 heterocycles. The average molecular weight is 361 g/mol. The van der Waals surface area contributed by atoms with Crippen molar-refractivity contribution in [3.8, 4) is 11.4 Å². The molecule has 3 N–H and O–H groups in total. The number of aryl methyl sites for hydroxylation is 1. The van der Waals surface area contributed by atoms with E-state index in [2.05, 4.69) is 20.8 Å². The van der Waals surface area contributed by atoms with Crippen LogP contribution in [0.5, 0.6) is 0 Å². The second kappa shape index (κ2) is 7.94. The average Bonchev–Trinajstić information content (AvgIpc) is 2.85. The molecule has 0 spiro atoms. The summed E-state index contributed by atoms with van der Waals surface area (Å²) in [6, 6.07) is 3.71. The first-order valence-electron chi connectivity index (χ1n) is 8.53. The molecule has 0 saturated heterocycles. The molecule has 0 unspecified atom stereocenters. The standard InChI is InChI=1S/C17H20FN5O3/c18-12-6-5-11(10-13(12)20-17(26)19-8-7-15(24)25)16-22-21-14-4-2-1-3-9-23(14)16/h5-6,10H,1-4,7-9H2,(H,24,25)(H2,19,20,26). The predicted molar refractivity (Wildman–Crippen MR) is 92.2 cm³/mol. The highest BCUT2D eigenvalue weighted by atomic mass is 19.1. The highest BCUT2D eigenvalue weighted by Gasteiger charge is 2.17. The zero-order chi connectivity index (χ0) is 18.5. The van der Waals surface area contributed by atoms with Gasteiger partial charge in [0.2, 0.25) is 0 Å². The maximum absolute atomic E-state index is 14.0. The van der Waals surface area contributed by atoms with Gasteiger partial charge in [0.05, 0.1) is 12.1 Å². The fourth-order valence-corrected chi connectivity index (χ4v) is 2.91. The van der Waals surface area contributed by atoms with Gasteiger partial charge >= 0.3 is 12.0 Å². The maximum Gasteiger partial charge on any atom is 0.319 e. The van der Waals surface area contributed by atoms with E-state index in [1.807, 2.05) is 4.57 Å². The zero-order valence-corrected chi connectivity index (χ0v) is 14.2. The Balaban J connectivity index is 1.77. The Morgan fingerprint density at radius 2 is 2.08 bits per heavy atom. The van der Waals surface area contributed by atoms with Crippen LogP contribution in [0.1, 0.15) is 31.5 Å². The lowest BCUT2D eigenvalue weighted by Crippen LogP contribution is -2.30. The van der Waals surface area contributed by atoms with Gasteiger partial charge in [-0.05, 0) is 31.0 Å². The first kappa shape index (κ1) is 17.8. The maximum atomic E-state index is 14.0. The largest absolute Gasteiger partial charge is 0.481 e. The molecule has 1 aliphatic rings. The van der Waals surface area contributed by atoms with Gasteiger partial charge in [0.25, 0.3) is 0 Å². The van der Waals surface area contributed by atoms with E-state index >= 15 is 0 Å². The van der Waals surface area contributed by atoms with Gasteiger partial charge in [-0.15, -0.1) is 10.2 Å². The van der Waals surface area contributed by atoms with Gasteiger partial charge in [-0.2, -0.15) is 0 Å². The molecule has 9 heteroatoms. The van der Waals surface area contributed by atoms with E-state index in [9.17, 15) is 14.0 Å². The number of carboxylic acid groups (broad SMARTS) is 1. The van der Waals surface area contributed by atoms with Crippen molar-refractivity contribution in [1.29, 1.82) is 0 Å². The molecule has 2 amide bonds. The van der Waals surface area contributed by atoms with Crippen molar-refractivity contribution in [3.05, 3.63) is 29.8 Å². The summed E-state index contributed by atoms with van der Waals surface area (Å²) in [7, 11) is 0. The number of carbonyl (C=O) groups excluding carboxylic acids is 1. The van der Waals surface area contributed by atoms with Crippen LogP contribution in [0, 0.1) is 5.82 Å². The number of hydrogen-bond donors (Lipinski definition) is 3. The number of anilines is 1. The molecular weight excluding hydrogens is 341 g/mol. The van der Waals surface area contributed by atoms with E-state index in [1.54, 1.807) is 6.07 Å². The molecule has 138 valence electrons. The molecule has 1 aliphatic heterocycles. The van der Waals surface area contributed by atoms with Crippen molar-refractivity contribution >= 4 is 17.7 Å². The smallest absolute Gasteiger partial charge is 0.319 e. The number of nitrogens with one attached hydrogen (secondary N) is 2. The number of urea groups is 1. The predicted octanol–water partition coefficient (Wildman–Crippen LogP) is 2.41. The number of amides is 2. The molecule has 0 bridgehead atoms. The third-order valence-electron chi connectivity index (χ3n) is 4.21. The first-order valence-corrected chi connectivity index (χ1v) is 8.53. The summed E-state index contributed by atoms with van der Waals surface area (Å²) in [5.74, 6) is -0.0392. The van der Waals surface area contributed by atoms with Gasteiger partial charge in [-0.3, -0.25) is 4.79 Å². The number of rotatable bonds is 5. The summed E-state index contributed by atoms with van der Waals surface area (Å²) in [6.45, 7) is 0.771. The third kappa shape index (κ3) is 4.16. The molecule has 0 atom stereocenters. The zero-order valence-electron chi connectivity index (χ0n) is 14.2. The van der Waals surface area contributed by atoms with Crippen LogP contribution in [-0.4, -0.2) is 38.4 Å². The van der Waals surface area contributed by atoms with Gasteiger partial charge in [0, 0.05) is 25.1 Å². The molecule has 8 nitrogen and oxygen atoms in total. The number of halogens is 1. The molecule has 0 radical (unpaired) electrons. The number of benzene rings is 1. The van der Waals surface area contributed by atoms with Crippen LogP contribution in [0.2, 0.25) is 0 Å². The Morgan fingerprint density at radius 3 is 2.88 bits per heavy atom. The van der Waals surface area contributed by atoms with Crippen molar-refractivity contribution in [3.63, 3.8) is 0 Å². The van der Waals surface area contributed by atoms with Crippen LogP contribution in [-0.2, 0) is 17.8 Å². The minimum Gasteiger partial charge on any atom is -0.481 e. The summed E-state index contributed by atoms with van der Waals surface area (Å²) in [5, 5.41) is 21.8. The molecular formula is C17H20FN5O3. The molecule has 0 aliphatic carbocycles. The molecule has 26 heavy (non-hydrogen) atoms. The van der Waals surface area contributed by atoms with E-state index in [4.69, 9.17) is 5.11 Å². The number of aliphatic carboxylic acids is 1. The van der Waals surface area contributed by atoms with Crippen molar-refractivity contribution < 1.29 is 19.1 Å². The summed E-state index contributed by atoms with van der Waals surface area (Å²) >= 11 is 0. The van der Waals surface area contributed by atoms with E-state index in [0.717, 1.165) is 38.1 Å². The Morgan fingerprint density at radius 1 is 1.23 bits per heavy atom. The molecule has 0 fully saturated rings. The van der Waals surface area contributed by atoms with Crippen LogP contribution < -0.4 is 10.6 Å². The third-order valence-corrected chi connectivity index (χ3v) is 4.21. The number of carbonyl (C=O) groups is 2. The summed E-state index contributed by atoms with van der Waals surface area (Å²) < 4.78 is 16.1. The lowest BCUT2D eigenvalue weighted by atomic mass is 10.1. The highest BCUT2D eigenvalue weighted by Crippen LogP contribution is 2.26. The molecule has 0 saturated carbocycles. The fraction of sp³-hybridized carbons (Fsp3) is 0.412. The van der Waals surface area contributed by atoms with Gasteiger partial charge in [0.1, 0.15) is 11.6 Å². The molecule has 2 aromatic rings. The van der Waals surface area contributed by atoms with E-state index in [0.29, 0.717) is 11.4 Å². The van der Waals surface area contributed by atoms with E-state index in [-0.39, 0.29) is 18.7 Å². The van der Waals surface area contributed by atoms with E-state index < -0.39 is 17.8 Å². The minimum atomic E-state index is -1.02. The number of nitrogens with zero attached hydrogens (tertiary/aromatic N) is 3. The number of aromatic nitrogens is 3. The highest BCUT2D eigenvalue weighted by molar-refractivity contribution is 5.90. The summed E-state index contributed by atoms with van der Waals surface area (Å²) in [4.78, 5) is 22.3. The topological polar surface area (TPSA) is 109 Å². The second-order valence-corrected chi connectivity index (χ2v) is 6.12. The second-order valence-electron chi connectivity index (χ2n) is 6.12. The number of fused-ring (bicyclic) bond motifs is 1.